The Balaban J connectivity index is 2.37. The number of hydrogen-bond donors (Lipinski definition) is 0. The van der Waals surface area contributed by atoms with E-state index in [1.54, 1.807) is 0 Å². The zero-order chi connectivity index (χ0) is 12.0. The highest BCUT2D eigenvalue weighted by atomic mass is 79.9. The summed E-state index contributed by atoms with van der Waals surface area (Å²) >= 11 is 15.7. The Morgan fingerprint density at radius 1 is 1.31 bits per heavy atom. The number of hydrogen-bond acceptors (Lipinski definition) is 0. The highest BCUT2D eigenvalue weighted by molar-refractivity contribution is 9.10. The van der Waals surface area contributed by atoms with Gasteiger partial charge in [-0.2, -0.15) is 0 Å². The van der Waals surface area contributed by atoms with Crippen molar-refractivity contribution in [3.05, 3.63) is 33.3 Å². The van der Waals surface area contributed by atoms with Crippen LogP contribution in [0.2, 0.25) is 5.02 Å². The van der Waals surface area contributed by atoms with Crippen molar-refractivity contribution in [1.82, 2.24) is 0 Å². The van der Waals surface area contributed by atoms with Gasteiger partial charge in [-0.15, -0.1) is 11.6 Å². The molecule has 0 bridgehead atoms. The van der Waals surface area contributed by atoms with Crippen molar-refractivity contribution in [3.63, 3.8) is 0 Å². The summed E-state index contributed by atoms with van der Waals surface area (Å²) < 4.78 is 1.03. The van der Waals surface area contributed by atoms with E-state index in [-0.39, 0.29) is 0 Å². The molecule has 0 aliphatic heterocycles. The number of benzene rings is 1. The molecule has 1 atom stereocenters. The standard InChI is InChI=1S/C13H17BrCl2/c1-2-4-12(15)6-3-5-10-7-8-11(14)9-13(10)16/h7-9,12H,2-6H2,1H3. The first kappa shape index (κ1) is 14.3. The van der Waals surface area contributed by atoms with Gasteiger partial charge in [0.05, 0.1) is 0 Å². The summed E-state index contributed by atoms with van der Waals surface area (Å²) in [5.74, 6) is 0. The minimum Gasteiger partial charge on any atom is -0.123 e. The first-order chi connectivity index (χ1) is 7.63. The summed E-state index contributed by atoms with van der Waals surface area (Å²) in [5, 5.41) is 1.16. The van der Waals surface area contributed by atoms with Crippen molar-refractivity contribution in [2.45, 2.75) is 44.4 Å². The van der Waals surface area contributed by atoms with E-state index in [0.29, 0.717) is 5.38 Å². The molecule has 0 aliphatic rings. The van der Waals surface area contributed by atoms with Crippen LogP contribution in [0.5, 0.6) is 0 Å². The molecule has 0 saturated heterocycles. The van der Waals surface area contributed by atoms with Gasteiger partial charge in [0.15, 0.2) is 0 Å². The van der Waals surface area contributed by atoms with Gasteiger partial charge in [0, 0.05) is 14.9 Å². The fourth-order valence-electron chi connectivity index (χ4n) is 1.70. The van der Waals surface area contributed by atoms with Gasteiger partial charge < -0.3 is 0 Å². The molecule has 1 aromatic carbocycles. The van der Waals surface area contributed by atoms with Gasteiger partial charge in [-0.05, 0) is 43.4 Å². The Morgan fingerprint density at radius 3 is 2.69 bits per heavy atom. The lowest BCUT2D eigenvalue weighted by Gasteiger charge is -2.08. The average molecular weight is 324 g/mol. The molecule has 0 spiro atoms. The summed E-state index contributed by atoms with van der Waals surface area (Å²) in [5.41, 5.74) is 1.21. The van der Waals surface area contributed by atoms with Crippen molar-refractivity contribution >= 4 is 39.1 Å². The highest BCUT2D eigenvalue weighted by Crippen LogP contribution is 2.23. The Hall–Kier alpha value is 0.280. The van der Waals surface area contributed by atoms with Gasteiger partial charge in [0.1, 0.15) is 0 Å². The van der Waals surface area contributed by atoms with Crippen LogP contribution in [0.4, 0.5) is 0 Å². The minimum atomic E-state index is 0.319. The Kier molecular flexibility index (Phi) is 6.79. The van der Waals surface area contributed by atoms with Crippen molar-refractivity contribution in [2.75, 3.05) is 0 Å². The molecule has 0 amide bonds. The number of alkyl halides is 1. The van der Waals surface area contributed by atoms with Crippen molar-refractivity contribution in [1.29, 1.82) is 0 Å². The molecule has 0 saturated carbocycles. The second kappa shape index (κ2) is 7.58. The second-order valence-electron chi connectivity index (χ2n) is 4.01. The maximum Gasteiger partial charge on any atom is 0.0449 e. The average Bonchev–Trinajstić information content (AvgIpc) is 2.22. The maximum absolute atomic E-state index is 6.17. The number of halogens is 3. The highest BCUT2D eigenvalue weighted by Gasteiger charge is 2.05. The predicted molar refractivity (Wildman–Crippen MR) is 76.6 cm³/mol. The van der Waals surface area contributed by atoms with Crippen LogP contribution in [0.3, 0.4) is 0 Å². The van der Waals surface area contributed by atoms with Crippen LogP contribution in [0, 0.1) is 0 Å². The van der Waals surface area contributed by atoms with E-state index < -0.39 is 0 Å². The van der Waals surface area contributed by atoms with Gasteiger partial charge in [-0.1, -0.05) is 46.9 Å². The number of rotatable bonds is 6. The summed E-state index contributed by atoms with van der Waals surface area (Å²) in [6.45, 7) is 2.17. The van der Waals surface area contributed by atoms with E-state index in [2.05, 4.69) is 28.9 Å². The third kappa shape index (κ3) is 5.07. The fraction of sp³-hybridized carbons (Fsp3) is 0.538. The van der Waals surface area contributed by atoms with E-state index in [4.69, 9.17) is 23.2 Å². The van der Waals surface area contributed by atoms with E-state index in [1.807, 2.05) is 12.1 Å². The molecule has 0 aromatic heterocycles. The van der Waals surface area contributed by atoms with E-state index in [1.165, 1.54) is 5.56 Å². The predicted octanol–water partition coefficient (Wildman–Crippen LogP) is 5.83. The van der Waals surface area contributed by atoms with E-state index in [0.717, 1.165) is 41.6 Å². The maximum atomic E-state index is 6.17. The quantitative estimate of drug-likeness (QED) is 0.577. The second-order valence-corrected chi connectivity index (χ2v) is 5.95. The van der Waals surface area contributed by atoms with E-state index in [9.17, 15) is 0 Å². The third-order valence-electron chi connectivity index (χ3n) is 2.58. The molecule has 0 nitrogen and oxygen atoms in total. The molecule has 1 aromatic rings. The first-order valence-electron chi connectivity index (χ1n) is 5.71. The SMILES string of the molecule is CCCC(Cl)CCCc1ccc(Br)cc1Cl. The molecular formula is C13H17BrCl2. The van der Waals surface area contributed by atoms with Crippen LogP contribution in [-0.4, -0.2) is 5.38 Å². The summed E-state index contributed by atoms with van der Waals surface area (Å²) in [6.07, 6.45) is 5.46. The molecule has 3 heteroatoms. The topological polar surface area (TPSA) is 0 Å². The molecule has 90 valence electrons. The monoisotopic (exact) mass is 322 g/mol. The zero-order valence-electron chi connectivity index (χ0n) is 9.48. The van der Waals surface area contributed by atoms with Crippen LogP contribution in [0.1, 0.15) is 38.2 Å². The zero-order valence-corrected chi connectivity index (χ0v) is 12.6. The van der Waals surface area contributed by atoms with Crippen molar-refractivity contribution < 1.29 is 0 Å². The van der Waals surface area contributed by atoms with Crippen molar-refractivity contribution in [3.8, 4) is 0 Å². The van der Waals surface area contributed by atoms with Crippen LogP contribution in [-0.2, 0) is 6.42 Å². The Bertz CT molecular complexity index is 326. The van der Waals surface area contributed by atoms with Crippen LogP contribution >= 0.6 is 39.1 Å². The third-order valence-corrected chi connectivity index (χ3v) is 3.86. The minimum absolute atomic E-state index is 0.319. The molecule has 1 rings (SSSR count). The molecule has 1 unspecified atom stereocenters. The molecule has 0 N–H and O–H groups in total. The Morgan fingerprint density at radius 2 is 2.06 bits per heavy atom. The molecular weight excluding hydrogens is 307 g/mol. The largest absolute Gasteiger partial charge is 0.123 e. The van der Waals surface area contributed by atoms with E-state index >= 15 is 0 Å². The van der Waals surface area contributed by atoms with Crippen LogP contribution in [0.15, 0.2) is 22.7 Å². The summed E-state index contributed by atoms with van der Waals surface area (Å²) in [6, 6.07) is 6.06. The van der Waals surface area contributed by atoms with Gasteiger partial charge in [-0.25, -0.2) is 0 Å². The molecule has 16 heavy (non-hydrogen) atoms. The molecule has 0 heterocycles. The Labute approximate surface area is 116 Å². The van der Waals surface area contributed by atoms with Crippen LogP contribution < -0.4 is 0 Å². The molecule has 0 radical (unpaired) electrons. The molecule has 0 aliphatic carbocycles. The fourth-order valence-corrected chi connectivity index (χ4v) is 2.84. The van der Waals surface area contributed by atoms with Gasteiger partial charge in [0.2, 0.25) is 0 Å². The van der Waals surface area contributed by atoms with Gasteiger partial charge in [0.25, 0.3) is 0 Å². The lowest BCUT2D eigenvalue weighted by molar-refractivity contribution is 0.640. The normalized spacial score (nSPS) is 12.8. The number of aryl methyl sites for hydroxylation is 1. The van der Waals surface area contributed by atoms with Gasteiger partial charge >= 0.3 is 0 Å². The lowest BCUT2D eigenvalue weighted by Crippen LogP contribution is -1.99. The summed E-state index contributed by atoms with van der Waals surface area (Å²) in [7, 11) is 0. The molecule has 0 fully saturated rings. The lowest BCUT2D eigenvalue weighted by atomic mass is 10.1. The summed E-state index contributed by atoms with van der Waals surface area (Å²) in [4.78, 5) is 0. The van der Waals surface area contributed by atoms with Crippen LogP contribution in [0.25, 0.3) is 0 Å². The van der Waals surface area contributed by atoms with Crippen molar-refractivity contribution in [2.24, 2.45) is 0 Å². The first-order valence-corrected chi connectivity index (χ1v) is 7.32. The smallest absolute Gasteiger partial charge is 0.0449 e. The van der Waals surface area contributed by atoms with Gasteiger partial charge in [-0.3, -0.25) is 0 Å².